The molecule has 0 saturated carbocycles. The van der Waals surface area contributed by atoms with E-state index in [-0.39, 0.29) is 12.5 Å². The van der Waals surface area contributed by atoms with Crippen LogP contribution in [0.1, 0.15) is 5.56 Å². The van der Waals surface area contributed by atoms with E-state index in [1.54, 1.807) is 6.07 Å². The van der Waals surface area contributed by atoms with Crippen LogP contribution in [-0.4, -0.2) is 30.7 Å². The molecule has 1 N–H and O–H groups in total. The number of benzene rings is 1. The normalized spacial score (nSPS) is 10.9. The fraction of sp³-hybridized carbons (Fsp3) is 0.118. The molecule has 0 aliphatic carbocycles. The van der Waals surface area contributed by atoms with Crippen molar-refractivity contribution in [2.75, 3.05) is 5.32 Å². The van der Waals surface area contributed by atoms with Crippen LogP contribution >= 0.6 is 22.7 Å². The second-order valence-electron chi connectivity index (χ2n) is 5.73. The molecule has 0 spiro atoms. The quantitative estimate of drug-likeness (QED) is 0.557. The average molecular weight is 398 g/mol. The number of nitrogens with zero attached hydrogens (tertiary/aromatic N) is 5. The highest BCUT2D eigenvalue weighted by Gasteiger charge is 2.14. The molecule has 4 aromatic rings. The van der Waals surface area contributed by atoms with Gasteiger partial charge < -0.3 is 5.32 Å². The van der Waals surface area contributed by atoms with Crippen molar-refractivity contribution in [2.45, 2.75) is 13.5 Å². The van der Waals surface area contributed by atoms with E-state index in [2.05, 4.69) is 20.7 Å². The van der Waals surface area contributed by atoms with Gasteiger partial charge in [-0.3, -0.25) is 4.79 Å². The third kappa shape index (κ3) is 3.71. The second-order valence-corrected chi connectivity index (χ2v) is 7.52. The van der Waals surface area contributed by atoms with Crippen LogP contribution in [0.3, 0.4) is 0 Å². The van der Waals surface area contributed by atoms with Gasteiger partial charge in [-0.25, -0.2) is 9.78 Å². The number of hydrogen-bond acceptors (Lipinski definition) is 7. The number of tetrazole rings is 1. The number of aryl methyl sites for hydroxylation is 1. The van der Waals surface area contributed by atoms with Crippen LogP contribution in [0.4, 0.5) is 5.13 Å². The molecule has 0 aliphatic heterocycles. The summed E-state index contributed by atoms with van der Waals surface area (Å²) >= 11 is 2.69. The summed E-state index contributed by atoms with van der Waals surface area (Å²) in [6.45, 7) is 1.79. The van der Waals surface area contributed by atoms with E-state index in [0.29, 0.717) is 10.1 Å². The SMILES string of the molecule is Cc1ccc(-c2csc(NC(=O)Cn3nnn(-c4cccs4)c3=O)n2)cc1. The Morgan fingerprint density at radius 3 is 2.70 bits per heavy atom. The molecule has 3 aromatic heterocycles. The van der Waals surface area contributed by atoms with Gasteiger partial charge in [0.25, 0.3) is 0 Å². The molecule has 4 rings (SSSR count). The molecule has 0 bridgehead atoms. The highest BCUT2D eigenvalue weighted by Crippen LogP contribution is 2.25. The minimum absolute atomic E-state index is 0.232. The van der Waals surface area contributed by atoms with Crippen LogP contribution < -0.4 is 11.0 Å². The van der Waals surface area contributed by atoms with Crippen molar-refractivity contribution in [1.82, 2.24) is 24.8 Å². The molecular weight excluding hydrogens is 384 g/mol. The Balaban J connectivity index is 1.45. The van der Waals surface area contributed by atoms with E-state index in [4.69, 9.17) is 0 Å². The zero-order chi connectivity index (χ0) is 18.8. The summed E-state index contributed by atoms with van der Waals surface area (Å²) in [7, 11) is 0. The van der Waals surface area contributed by atoms with Gasteiger partial charge in [0.1, 0.15) is 11.5 Å². The van der Waals surface area contributed by atoms with Crippen molar-refractivity contribution in [3.63, 3.8) is 0 Å². The lowest BCUT2D eigenvalue weighted by molar-refractivity contribution is -0.117. The molecule has 0 saturated heterocycles. The maximum atomic E-state index is 12.3. The molecular formula is C17H14N6O2S2. The van der Waals surface area contributed by atoms with Crippen LogP contribution in [0, 0.1) is 6.92 Å². The molecule has 136 valence electrons. The lowest BCUT2D eigenvalue weighted by Crippen LogP contribution is -2.29. The monoisotopic (exact) mass is 398 g/mol. The minimum atomic E-state index is -0.466. The van der Waals surface area contributed by atoms with Gasteiger partial charge in [0, 0.05) is 10.9 Å². The first-order valence-corrected chi connectivity index (χ1v) is 9.75. The summed E-state index contributed by atoms with van der Waals surface area (Å²) in [5.74, 6) is -0.389. The van der Waals surface area contributed by atoms with Crippen LogP contribution in [0.5, 0.6) is 0 Å². The molecule has 10 heteroatoms. The summed E-state index contributed by atoms with van der Waals surface area (Å²) in [4.78, 5) is 28.9. The van der Waals surface area contributed by atoms with Gasteiger partial charge in [0.2, 0.25) is 5.91 Å². The van der Waals surface area contributed by atoms with Gasteiger partial charge in [0.05, 0.1) is 5.69 Å². The summed E-state index contributed by atoms with van der Waals surface area (Å²) in [6, 6.07) is 11.6. The van der Waals surface area contributed by atoms with Gasteiger partial charge in [-0.15, -0.1) is 22.7 Å². The average Bonchev–Trinajstić information content (AvgIpc) is 3.39. The van der Waals surface area contributed by atoms with E-state index in [0.717, 1.165) is 20.6 Å². The van der Waals surface area contributed by atoms with Crippen molar-refractivity contribution in [1.29, 1.82) is 0 Å². The molecule has 1 amide bonds. The van der Waals surface area contributed by atoms with E-state index in [9.17, 15) is 9.59 Å². The zero-order valence-electron chi connectivity index (χ0n) is 14.2. The van der Waals surface area contributed by atoms with Crippen LogP contribution in [0.2, 0.25) is 0 Å². The lowest BCUT2D eigenvalue weighted by Gasteiger charge is -2.00. The highest BCUT2D eigenvalue weighted by atomic mass is 32.1. The third-order valence-corrected chi connectivity index (χ3v) is 5.35. The topological polar surface area (TPSA) is 94.7 Å². The first kappa shape index (κ1) is 17.3. The summed E-state index contributed by atoms with van der Waals surface area (Å²) in [5.41, 5.74) is 2.47. The Bertz CT molecular complexity index is 1130. The predicted octanol–water partition coefficient (Wildman–Crippen LogP) is 2.56. The molecule has 0 atom stereocenters. The number of amides is 1. The number of anilines is 1. The Hall–Kier alpha value is -3.11. The number of thiazole rings is 1. The van der Waals surface area contributed by atoms with E-state index >= 15 is 0 Å². The number of carbonyl (C=O) groups is 1. The Labute approximate surface area is 161 Å². The molecule has 8 nitrogen and oxygen atoms in total. The summed E-state index contributed by atoms with van der Waals surface area (Å²) in [6.07, 6.45) is 0. The van der Waals surface area contributed by atoms with E-state index in [1.165, 1.54) is 28.2 Å². The molecule has 0 aliphatic rings. The number of carbonyl (C=O) groups excluding carboxylic acids is 1. The van der Waals surface area contributed by atoms with Crippen molar-refractivity contribution in [3.05, 3.63) is 63.2 Å². The van der Waals surface area contributed by atoms with E-state index in [1.807, 2.05) is 48.0 Å². The maximum absolute atomic E-state index is 12.3. The van der Waals surface area contributed by atoms with Gasteiger partial charge in [-0.05, 0) is 34.9 Å². The third-order valence-electron chi connectivity index (χ3n) is 3.75. The van der Waals surface area contributed by atoms with Crippen LogP contribution in [0.15, 0.2) is 52.0 Å². The fourth-order valence-electron chi connectivity index (χ4n) is 2.39. The Kier molecular flexibility index (Phi) is 4.65. The number of rotatable bonds is 5. The predicted molar refractivity (Wildman–Crippen MR) is 104 cm³/mol. The molecule has 0 radical (unpaired) electrons. The van der Waals surface area contributed by atoms with Crippen molar-refractivity contribution in [2.24, 2.45) is 0 Å². The standard InChI is InChI=1S/C17H14N6O2S2/c1-11-4-6-12(7-5-11)13-10-27-16(18-13)19-14(24)9-22-17(25)23(21-20-22)15-3-2-8-26-15/h2-8,10H,9H2,1H3,(H,18,19,24). The van der Waals surface area contributed by atoms with Crippen molar-refractivity contribution < 1.29 is 4.79 Å². The molecule has 27 heavy (non-hydrogen) atoms. The van der Waals surface area contributed by atoms with Gasteiger partial charge in [0.15, 0.2) is 5.13 Å². The Morgan fingerprint density at radius 1 is 1.15 bits per heavy atom. The van der Waals surface area contributed by atoms with Gasteiger partial charge in [-0.1, -0.05) is 29.8 Å². The second kappa shape index (κ2) is 7.25. The molecule has 0 unspecified atom stereocenters. The van der Waals surface area contributed by atoms with Crippen LogP contribution in [-0.2, 0) is 11.3 Å². The zero-order valence-corrected chi connectivity index (χ0v) is 15.8. The van der Waals surface area contributed by atoms with Crippen molar-refractivity contribution >= 4 is 33.7 Å². The Morgan fingerprint density at radius 2 is 1.96 bits per heavy atom. The number of thiophene rings is 1. The fourth-order valence-corrected chi connectivity index (χ4v) is 3.79. The number of nitrogens with one attached hydrogen (secondary N) is 1. The first-order valence-electron chi connectivity index (χ1n) is 7.99. The van der Waals surface area contributed by atoms with Gasteiger partial charge in [-0.2, -0.15) is 9.36 Å². The lowest BCUT2D eigenvalue weighted by atomic mass is 10.1. The number of aromatic nitrogens is 5. The molecule has 0 fully saturated rings. The molecule has 1 aromatic carbocycles. The van der Waals surface area contributed by atoms with Crippen molar-refractivity contribution in [3.8, 4) is 16.3 Å². The van der Waals surface area contributed by atoms with Gasteiger partial charge >= 0.3 is 5.69 Å². The minimum Gasteiger partial charge on any atom is -0.300 e. The summed E-state index contributed by atoms with van der Waals surface area (Å²) in [5, 5.41) is 15.1. The highest BCUT2D eigenvalue weighted by molar-refractivity contribution is 7.14. The largest absolute Gasteiger partial charge is 0.369 e. The first-order chi connectivity index (χ1) is 13.1. The smallest absolute Gasteiger partial charge is 0.300 e. The molecule has 3 heterocycles. The summed E-state index contributed by atoms with van der Waals surface area (Å²) < 4.78 is 2.18. The van der Waals surface area contributed by atoms with E-state index < -0.39 is 5.69 Å². The van der Waals surface area contributed by atoms with Crippen LogP contribution in [0.25, 0.3) is 16.3 Å². The number of hydrogen-bond donors (Lipinski definition) is 1. The maximum Gasteiger partial charge on any atom is 0.369 e.